The van der Waals surface area contributed by atoms with Crippen LogP contribution < -0.4 is 4.90 Å². The number of hydrogen-bond donors (Lipinski definition) is 0. The number of aromatic nitrogens is 1. The summed E-state index contributed by atoms with van der Waals surface area (Å²) in [5.74, 6) is 0.984. The van der Waals surface area contributed by atoms with Crippen LogP contribution in [0.15, 0.2) is 35.8 Å². The first-order valence-electron chi connectivity index (χ1n) is 9.41. The quantitative estimate of drug-likeness (QED) is 0.814. The van der Waals surface area contributed by atoms with Gasteiger partial charge in [-0.2, -0.15) is 5.26 Å². The summed E-state index contributed by atoms with van der Waals surface area (Å²) in [6.45, 7) is 4.53. The fourth-order valence-electron chi connectivity index (χ4n) is 3.98. The Kier molecular flexibility index (Phi) is 5.37. The molecule has 1 amide bonds. The minimum absolute atomic E-state index is 0.231. The number of hydrogen-bond acceptors (Lipinski definition) is 6. The largest absolute Gasteiger partial charge is 0.353 e. The minimum Gasteiger partial charge on any atom is -0.353 e. The molecular weight excluding hydrogens is 358 g/mol. The highest BCUT2D eigenvalue weighted by Gasteiger charge is 2.32. The van der Waals surface area contributed by atoms with E-state index in [-0.39, 0.29) is 11.9 Å². The van der Waals surface area contributed by atoms with Crippen LogP contribution in [0.1, 0.15) is 29.3 Å². The lowest BCUT2D eigenvalue weighted by molar-refractivity contribution is -0.133. The zero-order valence-electron chi connectivity index (χ0n) is 15.3. The van der Waals surface area contributed by atoms with Gasteiger partial charge >= 0.3 is 0 Å². The van der Waals surface area contributed by atoms with Crippen molar-refractivity contribution in [2.45, 2.75) is 18.9 Å². The van der Waals surface area contributed by atoms with E-state index in [0.29, 0.717) is 12.1 Å². The maximum atomic E-state index is 12.9. The van der Waals surface area contributed by atoms with Crippen LogP contribution in [0.3, 0.4) is 0 Å². The van der Waals surface area contributed by atoms with Crippen LogP contribution in [0.25, 0.3) is 0 Å². The summed E-state index contributed by atoms with van der Waals surface area (Å²) in [6, 6.07) is 10.3. The zero-order valence-corrected chi connectivity index (χ0v) is 16.1. The van der Waals surface area contributed by atoms with Gasteiger partial charge in [0.05, 0.1) is 18.2 Å². The molecule has 6 nitrogen and oxygen atoms in total. The number of anilines is 1. The number of carbonyl (C=O) groups excluding carboxylic acids is 1. The lowest BCUT2D eigenvalue weighted by Gasteiger charge is -2.36. The van der Waals surface area contributed by atoms with Crippen LogP contribution in [0.5, 0.6) is 0 Å². The van der Waals surface area contributed by atoms with E-state index in [2.05, 4.69) is 43.3 Å². The van der Waals surface area contributed by atoms with Crippen LogP contribution in [-0.4, -0.2) is 60.0 Å². The molecule has 0 saturated carbocycles. The van der Waals surface area contributed by atoms with Crippen molar-refractivity contribution in [3.8, 4) is 6.07 Å². The Balaban J connectivity index is 1.34. The van der Waals surface area contributed by atoms with E-state index in [9.17, 15) is 10.1 Å². The molecule has 2 fully saturated rings. The van der Waals surface area contributed by atoms with E-state index in [1.807, 2.05) is 0 Å². The van der Waals surface area contributed by atoms with E-state index in [1.165, 1.54) is 4.88 Å². The number of rotatable bonds is 4. The number of pyridine rings is 1. The van der Waals surface area contributed by atoms with E-state index >= 15 is 0 Å². The van der Waals surface area contributed by atoms with Gasteiger partial charge < -0.3 is 9.80 Å². The van der Waals surface area contributed by atoms with Crippen molar-refractivity contribution in [2.24, 2.45) is 0 Å². The molecule has 27 heavy (non-hydrogen) atoms. The summed E-state index contributed by atoms with van der Waals surface area (Å²) in [6.07, 6.45) is 3.87. The third-order valence-electron chi connectivity index (χ3n) is 5.38. The Morgan fingerprint density at radius 2 is 2.07 bits per heavy atom. The van der Waals surface area contributed by atoms with Gasteiger partial charge in [-0.05, 0) is 36.4 Å². The van der Waals surface area contributed by atoms with Crippen molar-refractivity contribution < 1.29 is 4.79 Å². The average Bonchev–Trinajstić information content (AvgIpc) is 3.40. The second-order valence-corrected chi connectivity index (χ2v) is 7.99. The Morgan fingerprint density at radius 3 is 2.81 bits per heavy atom. The second kappa shape index (κ2) is 8.07. The molecular formula is C20H23N5OS. The van der Waals surface area contributed by atoms with E-state index in [1.54, 1.807) is 29.7 Å². The SMILES string of the molecule is N#Cc1cccnc1N1CCN(CC(=O)N2CCCC2c2cccs2)CC1. The fraction of sp³-hybridized carbons (Fsp3) is 0.450. The van der Waals surface area contributed by atoms with Crippen molar-refractivity contribution in [1.82, 2.24) is 14.8 Å². The normalized spacial score (nSPS) is 20.6. The highest BCUT2D eigenvalue weighted by atomic mass is 32.1. The molecule has 0 bridgehead atoms. The number of amides is 1. The molecule has 0 aliphatic carbocycles. The van der Waals surface area contributed by atoms with Gasteiger partial charge in [-0.3, -0.25) is 9.69 Å². The number of piperazine rings is 1. The molecule has 4 rings (SSSR count). The lowest BCUT2D eigenvalue weighted by Crippen LogP contribution is -2.50. The summed E-state index contributed by atoms with van der Waals surface area (Å²) in [4.78, 5) is 25.0. The van der Waals surface area contributed by atoms with Crippen LogP contribution in [0.4, 0.5) is 5.82 Å². The molecule has 2 aliphatic heterocycles. The van der Waals surface area contributed by atoms with Gasteiger partial charge in [-0.1, -0.05) is 6.07 Å². The molecule has 1 atom stereocenters. The first-order chi connectivity index (χ1) is 13.3. The summed E-state index contributed by atoms with van der Waals surface area (Å²) in [7, 11) is 0. The molecule has 2 aliphatic rings. The maximum Gasteiger partial charge on any atom is 0.237 e. The number of likely N-dealkylation sites (tertiary alicyclic amines) is 1. The first-order valence-corrected chi connectivity index (χ1v) is 10.3. The average molecular weight is 382 g/mol. The highest BCUT2D eigenvalue weighted by Crippen LogP contribution is 2.34. The van der Waals surface area contributed by atoms with Gasteiger partial charge in [-0.15, -0.1) is 11.3 Å². The molecule has 1 unspecified atom stereocenters. The van der Waals surface area contributed by atoms with Crippen LogP contribution in [0.2, 0.25) is 0 Å². The Morgan fingerprint density at radius 1 is 1.22 bits per heavy atom. The van der Waals surface area contributed by atoms with Crippen molar-refractivity contribution in [2.75, 3.05) is 44.2 Å². The first kappa shape index (κ1) is 18.0. The summed E-state index contributed by atoms with van der Waals surface area (Å²) < 4.78 is 0. The molecule has 0 spiro atoms. The van der Waals surface area contributed by atoms with Crippen molar-refractivity contribution in [3.63, 3.8) is 0 Å². The monoisotopic (exact) mass is 381 g/mol. The van der Waals surface area contributed by atoms with E-state index < -0.39 is 0 Å². The minimum atomic E-state index is 0.231. The maximum absolute atomic E-state index is 12.9. The van der Waals surface area contributed by atoms with Gasteiger partial charge in [0.15, 0.2) is 0 Å². The van der Waals surface area contributed by atoms with Gasteiger partial charge in [0.1, 0.15) is 11.9 Å². The fourth-order valence-corrected chi connectivity index (χ4v) is 4.85. The topological polar surface area (TPSA) is 63.5 Å². The van der Waals surface area contributed by atoms with E-state index in [4.69, 9.17) is 0 Å². The number of carbonyl (C=O) groups is 1. The van der Waals surface area contributed by atoms with Gasteiger partial charge in [0.25, 0.3) is 0 Å². The zero-order chi connectivity index (χ0) is 18.6. The predicted molar refractivity (Wildman–Crippen MR) is 106 cm³/mol. The molecule has 140 valence electrons. The van der Waals surface area contributed by atoms with Gasteiger partial charge in [-0.25, -0.2) is 4.98 Å². The third kappa shape index (κ3) is 3.82. The van der Waals surface area contributed by atoms with Crippen molar-refractivity contribution in [3.05, 3.63) is 46.3 Å². The van der Waals surface area contributed by atoms with Crippen LogP contribution in [0, 0.1) is 11.3 Å². The molecule has 0 N–H and O–H groups in total. The van der Waals surface area contributed by atoms with Gasteiger partial charge in [0, 0.05) is 43.8 Å². The molecule has 7 heteroatoms. The predicted octanol–water partition coefficient (Wildman–Crippen LogP) is 2.50. The van der Waals surface area contributed by atoms with Crippen molar-refractivity contribution >= 4 is 23.1 Å². The highest BCUT2D eigenvalue weighted by molar-refractivity contribution is 7.10. The number of nitriles is 1. The molecule has 2 aromatic heterocycles. The van der Waals surface area contributed by atoms with Crippen molar-refractivity contribution in [1.29, 1.82) is 5.26 Å². The number of thiophene rings is 1. The summed E-state index contributed by atoms with van der Waals surface area (Å²) >= 11 is 1.74. The third-order valence-corrected chi connectivity index (χ3v) is 6.36. The molecule has 2 aromatic rings. The Labute approximate surface area is 163 Å². The summed E-state index contributed by atoms with van der Waals surface area (Å²) in [5, 5.41) is 11.4. The number of nitrogens with zero attached hydrogens (tertiary/aromatic N) is 5. The Bertz CT molecular complexity index is 823. The van der Waals surface area contributed by atoms with Gasteiger partial charge in [0.2, 0.25) is 5.91 Å². The molecule has 2 saturated heterocycles. The summed E-state index contributed by atoms with van der Waals surface area (Å²) in [5.41, 5.74) is 0.609. The smallest absolute Gasteiger partial charge is 0.237 e. The molecule has 0 aromatic carbocycles. The van der Waals surface area contributed by atoms with Crippen LogP contribution in [-0.2, 0) is 4.79 Å². The van der Waals surface area contributed by atoms with E-state index in [0.717, 1.165) is 51.4 Å². The van der Waals surface area contributed by atoms with Crippen LogP contribution >= 0.6 is 11.3 Å². The Hall–Kier alpha value is -2.43. The molecule has 4 heterocycles. The lowest BCUT2D eigenvalue weighted by atomic mass is 10.2. The molecule has 0 radical (unpaired) electrons. The second-order valence-electron chi connectivity index (χ2n) is 7.01. The standard InChI is InChI=1S/C20H23N5OS/c21-14-16-4-1-7-22-20(16)24-11-9-23(10-12-24)15-19(26)25-8-2-5-17(25)18-6-3-13-27-18/h1,3-4,6-7,13,17H,2,5,8-12,15H2.